The fourth-order valence-corrected chi connectivity index (χ4v) is 1.96. The van der Waals surface area contributed by atoms with Crippen LogP contribution in [0, 0.1) is 6.92 Å². The summed E-state index contributed by atoms with van der Waals surface area (Å²) in [6.07, 6.45) is 0. The number of aryl methyl sites for hydroxylation is 1. The van der Waals surface area contributed by atoms with Gasteiger partial charge in [0.05, 0.1) is 5.69 Å². The number of para-hydroxylation sites is 1. The average Bonchev–Trinajstić information content (AvgIpc) is 2.32. The molecule has 0 fully saturated rings. The van der Waals surface area contributed by atoms with Crippen LogP contribution < -0.4 is 5.32 Å². The minimum absolute atomic E-state index is 0.0880. The van der Waals surface area contributed by atoms with Crippen molar-refractivity contribution in [3.63, 3.8) is 0 Å². The summed E-state index contributed by atoms with van der Waals surface area (Å²) >= 11 is 3.40. The Balaban J connectivity index is 2.24. The highest BCUT2D eigenvalue weighted by Gasteiger charge is 2.09. The van der Waals surface area contributed by atoms with E-state index in [1.54, 1.807) is 0 Å². The Labute approximate surface area is 109 Å². The Hall–Kier alpha value is -1.61. The number of hydrogen-bond acceptors (Lipinski definition) is 1. The summed E-state index contributed by atoms with van der Waals surface area (Å²) in [6.45, 7) is 1.93. The lowest BCUT2D eigenvalue weighted by Gasteiger charge is -2.08. The zero-order valence-corrected chi connectivity index (χ0v) is 11.0. The highest BCUT2D eigenvalue weighted by atomic mass is 79.9. The molecule has 86 valence electrons. The van der Waals surface area contributed by atoms with Crippen LogP contribution in [0.1, 0.15) is 15.9 Å². The van der Waals surface area contributed by atoms with Gasteiger partial charge in [-0.1, -0.05) is 30.3 Å². The van der Waals surface area contributed by atoms with Gasteiger partial charge in [0.2, 0.25) is 0 Å². The molecule has 1 amide bonds. The molecule has 17 heavy (non-hydrogen) atoms. The Morgan fingerprint density at radius 3 is 2.41 bits per heavy atom. The van der Waals surface area contributed by atoms with Gasteiger partial charge in [-0.3, -0.25) is 4.79 Å². The molecule has 3 heteroatoms. The van der Waals surface area contributed by atoms with Gasteiger partial charge < -0.3 is 5.32 Å². The van der Waals surface area contributed by atoms with Gasteiger partial charge in [-0.2, -0.15) is 0 Å². The number of carbonyl (C=O) groups excluding carboxylic acids is 1. The van der Waals surface area contributed by atoms with Crippen LogP contribution in [0.4, 0.5) is 5.69 Å². The standard InChI is InChI=1S/C14H12BrNO/c1-10-6-2-3-7-11(10)14(17)16-13-9-5-4-8-12(13)15/h2-9H,1H3,(H,16,17). The normalized spacial score (nSPS) is 10.0. The van der Waals surface area contributed by atoms with Crippen molar-refractivity contribution >= 4 is 27.5 Å². The fraction of sp³-hybridized carbons (Fsp3) is 0.0714. The van der Waals surface area contributed by atoms with Crippen molar-refractivity contribution in [3.8, 4) is 0 Å². The van der Waals surface area contributed by atoms with E-state index >= 15 is 0 Å². The lowest BCUT2D eigenvalue weighted by Crippen LogP contribution is -2.13. The number of carbonyl (C=O) groups is 1. The molecule has 0 unspecified atom stereocenters. The van der Waals surface area contributed by atoms with Crippen molar-refractivity contribution in [2.75, 3.05) is 5.32 Å². The molecule has 0 aliphatic carbocycles. The second kappa shape index (κ2) is 5.15. The Bertz CT molecular complexity index is 551. The van der Waals surface area contributed by atoms with Crippen LogP contribution in [0.3, 0.4) is 0 Å². The van der Waals surface area contributed by atoms with Gasteiger partial charge in [0.25, 0.3) is 5.91 Å². The van der Waals surface area contributed by atoms with E-state index < -0.39 is 0 Å². The van der Waals surface area contributed by atoms with Gasteiger partial charge in [0.15, 0.2) is 0 Å². The molecule has 0 radical (unpaired) electrons. The van der Waals surface area contributed by atoms with Crippen LogP contribution in [0.5, 0.6) is 0 Å². The first-order valence-electron chi connectivity index (χ1n) is 5.30. The van der Waals surface area contributed by atoms with E-state index in [1.165, 1.54) is 0 Å². The van der Waals surface area contributed by atoms with Gasteiger partial charge in [0, 0.05) is 10.0 Å². The van der Waals surface area contributed by atoms with E-state index in [-0.39, 0.29) is 5.91 Å². The fourth-order valence-electron chi connectivity index (χ4n) is 1.58. The molecule has 0 heterocycles. The van der Waals surface area contributed by atoms with E-state index in [0.29, 0.717) is 5.56 Å². The number of hydrogen-bond donors (Lipinski definition) is 1. The molecule has 1 N–H and O–H groups in total. The maximum atomic E-state index is 12.1. The van der Waals surface area contributed by atoms with Crippen molar-refractivity contribution < 1.29 is 4.79 Å². The number of rotatable bonds is 2. The van der Waals surface area contributed by atoms with Crippen molar-refractivity contribution in [1.82, 2.24) is 0 Å². The molecule has 2 nitrogen and oxygen atoms in total. The predicted octanol–water partition coefficient (Wildman–Crippen LogP) is 4.01. The third-order valence-electron chi connectivity index (χ3n) is 2.51. The molecule has 0 bridgehead atoms. The minimum Gasteiger partial charge on any atom is -0.321 e. The molecule has 0 aliphatic heterocycles. The maximum Gasteiger partial charge on any atom is 0.255 e. The number of anilines is 1. The van der Waals surface area contributed by atoms with Crippen LogP contribution in [0.2, 0.25) is 0 Å². The summed E-state index contributed by atoms with van der Waals surface area (Å²) in [6, 6.07) is 15.1. The quantitative estimate of drug-likeness (QED) is 0.889. The SMILES string of the molecule is Cc1ccccc1C(=O)Nc1ccccc1Br. The zero-order valence-electron chi connectivity index (χ0n) is 9.41. The molecule has 0 saturated heterocycles. The minimum atomic E-state index is -0.0880. The first kappa shape index (κ1) is 11.9. The van der Waals surface area contributed by atoms with Crippen LogP contribution in [-0.2, 0) is 0 Å². The summed E-state index contributed by atoms with van der Waals surface area (Å²) in [5.41, 5.74) is 2.45. The van der Waals surface area contributed by atoms with Crippen LogP contribution >= 0.6 is 15.9 Å². The molecule has 2 rings (SSSR count). The van der Waals surface area contributed by atoms with Crippen LogP contribution in [-0.4, -0.2) is 5.91 Å². The predicted molar refractivity (Wildman–Crippen MR) is 73.3 cm³/mol. The van der Waals surface area contributed by atoms with Crippen molar-refractivity contribution in [2.24, 2.45) is 0 Å². The lowest BCUT2D eigenvalue weighted by molar-refractivity contribution is 0.102. The molecule has 2 aromatic rings. The Morgan fingerprint density at radius 1 is 1.06 bits per heavy atom. The smallest absolute Gasteiger partial charge is 0.255 e. The molecule has 0 atom stereocenters. The van der Waals surface area contributed by atoms with Gasteiger partial charge in [-0.25, -0.2) is 0 Å². The summed E-state index contributed by atoms with van der Waals surface area (Å²) in [5, 5.41) is 2.88. The highest BCUT2D eigenvalue weighted by molar-refractivity contribution is 9.10. The number of benzene rings is 2. The van der Waals surface area contributed by atoms with Gasteiger partial charge in [-0.15, -0.1) is 0 Å². The lowest BCUT2D eigenvalue weighted by atomic mass is 10.1. The number of halogens is 1. The monoisotopic (exact) mass is 289 g/mol. The van der Waals surface area contributed by atoms with Gasteiger partial charge in [0.1, 0.15) is 0 Å². The molecule has 0 spiro atoms. The van der Waals surface area contributed by atoms with E-state index in [4.69, 9.17) is 0 Å². The van der Waals surface area contributed by atoms with Crippen LogP contribution in [0.15, 0.2) is 53.0 Å². The molecule has 0 aliphatic rings. The largest absolute Gasteiger partial charge is 0.321 e. The van der Waals surface area contributed by atoms with E-state index in [2.05, 4.69) is 21.2 Å². The zero-order chi connectivity index (χ0) is 12.3. The molecule has 0 aromatic heterocycles. The average molecular weight is 290 g/mol. The van der Waals surface area contributed by atoms with Crippen LogP contribution in [0.25, 0.3) is 0 Å². The van der Waals surface area contributed by atoms with Crippen molar-refractivity contribution in [2.45, 2.75) is 6.92 Å². The van der Waals surface area contributed by atoms with Gasteiger partial charge in [-0.05, 0) is 46.6 Å². The first-order valence-corrected chi connectivity index (χ1v) is 6.09. The third kappa shape index (κ3) is 2.74. The van der Waals surface area contributed by atoms with Gasteiger partial charge >= 0.3 is 0 Å². The molecule has 0 saturated carbocycles. The summed E-state index contributed by atoms with van der Waals surface area (Å²) in [4.78, 5) is 12.1. The summed E-state index contributed by atoms with van der Waals surface area (Å²) < 4.78 is 0.877. The summed E-state index contributed by atoms with van der Waals surface area (Å²) in [5.74, 6) is -0.0880. The second-order valence-corrected chi connectivity index (χ2v) is 4.60. The highest BCUT2D eigenvalue weighted by Crippen LogP contribution is 2.22. The number of nitrogens with one attached hydrogen (secondary N) is 1. The third-order valence-corrected chi connectivity index (χ3v) is 3.20. The Kier molecular flexibility index (Phi) is 3.59. The van der Waals surface area contributed by atoms with Crippen molar-refractivity contribution in [1.29, 1.82) is 0 Å². The van der Waals surface area contributed by atoms with E-state index in [0.717, 1.165) is 15.7 Å². The first-order chi connectivity index (χ1) is 8.18. The molecular formula is C14H12BrNO. The summed E-state index contributed by atoms with van der Waals surface area (Å²) in [7, 11) is 0. The topological polar surface area (TPSA) is 29.1 Å². The molecular weight excluding hydrogens is 278 g/mol. The van der Waals surface area contributed by atoms with E-state index in [9.17, 15) is 4.79 Å². The van der Waals surface area contributed by atoms with Crippen molar-refractivity contribution in [3.05, 3.63) is 64.1 Å². The molecule has 2 aromatic carbocycles. The Morgan fingerprint density at radius 2 is 1.71 bits per heavy atom. The number of amides is 1. The maximum absolute atomic E-state index is 12.1. The van der Waals surface area contributed by atoms with E-state index in [1.807, 2.05) is 55.5 Å². The second-order valence-electron chi connectivity index (χ2n) is 3.75.